The van der Waals surface area contributed by atoms with Crippen LogP contribution in [0, 0.1) is 5.41 Å². The fourth-order valence-corrected chi connectivity index (χ4v) is 1.77. The minimum absolute atomic E-state index is 0.176. The maximum absolute atomic E-state index is 12.2. The van der Waals surface area contributed by atoms with Crippen LogP contribution in [-0.4, -0.2) is 27.9 Å². The van der Waals surface area contributed by atoms with Gasteiger partial charge in [-0.25, -0.2) is 4.98 Å². The predicted octanol–water partition coefficient (Wildman–Crippen LogP) is 1.55. The SMILES string of the molecule is CC(C)(C)C(=O)COC(=O)Cn1cnc2ccccc2c1=O. The van der Waals surface area contributed by atoms with Crippen LogP contribution in [0.4, 0.5) is 0 Å². The van der Waals surface area contributed by atoms with Crippen molar-refractivity contribution in [1.29, 1.82) is 0 Å². The molecule has 2 rings (SSSR count). The number of ketones is 1. The average Bonchev–Trinajstić information content (AvgIpc) is 2.47. The Morgan fingerprint density at radius 3 is 2.59 bits per heavy atom. The Balaban J connectivity index is 2.08. The third-order valence-electron chi connectivity index (χ3n) is 3.23. The molecule has 0 aliphatic rings. The number of para-hydroxylation sites is 1. The second-order valence-electron chi connectivity index (χ2n) is 6.03. The first-order valence-electron chi connectivity index (χ1n) is 6.92. The largest absolute Gasteiger partial charge is 0.456 e. The van der Waals surface area contributed by atoms with Crippen molar-refractivity contribution in [3.63, 3.8) is 0 Å². The van der Waals surface area contributed by atoms with Crippen molar-refractivity contribution in [2.75, 3.05) is 6.61 Å². The maximum atomic E-state index is 12.2. The number of fused-ring (bicyclic) bond motifs is 1. The molecule has 2 aromatic rings. The summed E-state index contributed by atoms with van der Waals surface area (Å²) in [5.74, 6) is -0.818. The summed E-state index contributed by atoms with van der Waals surface area (Å²) in [6.07, 6.45) is 1.30. The lowest BCUT2D eigenvalue weighted by atomic mass is 9.91. The summed E-state index contributed by atoms with van der Waals surface area (Å²) in [6, 6.07) is 6.89. The van der Waals surface area contributed by atoms with Gasteiger partial charge in [0, 0.05) is 5.41 Å². The number of rotatable bonds is 4. The van der Waals surface area contributed by atoms with E-state index >= 15 is 0 Å². The van der Waals surface area contributed by atoms with Gasteiger partial charge in [0.05, 0.1) is 17.2 Å². The zero-order valence-corrected chi connectivity index (χ0v) is 12.8. The summed E-state index contributed by atoms with van der Waals surface area (Å²) < 4.78 is 6.10. The van der Waals surface area contributed by atoms with Gasteiger partial charge in [-0.3, -0.25) is 19.0 Å². The first-order valence-corrected chi connectivity index (χ1v) is 6.92. The third kappa shape index (κ3) is 3.58. The van der Waals surface area contributed by atoms with Gasteiger partial charge in [0.2, 0.25) is 0 Å². The lowest BCUT2D eigenvalue weighted by Gasteiger charge is -2.16. The van der Waals surface area contributed by atoms with Crippen molar-refractivity contribution in [1.82, 2.24) is 9.55 Å². The number of nitrogens with zero attached hydrogens (tertiary/aromatic N) is 2. The molecule has 116 valence electrons. The average molecular weight is 302 g/mol. The molecule has 1 heterocycles. The Morgan fingerprint density at radius 2 is 1.91 bits per heavy atom. The van der Waals surface area contributed by atoms with E-state index in [1.165, 1.54) is 10.9 Å². The van der Waals surface area contributed by atoms with Crippen LogP contribution < -0.4 is 5.56 Å². The van der Waals surface area contributed by atoms with E-state index in [0.717, 1.165) is 0 Å². The Hall–Kier alpha value is -2.50. The molecule has 22 heavy (non-hydrogen) atoms. The minimum Gasteiger partial charge on any atom is -0.456 e. The van der Waals surface area contributed by atoms with Gasteiger partial charge in [0.15, 0.2) is 12.4 Å². The molecule has 0 unspecified atom stereocenters. The van der Waals surface area contributed by atoms with E-state index in [-0.39, 0.29) is 24.5 Å². The monoisotopic (exact) mass is 302 g/mol. The molecule has 0 saturated heterocycles. The molecule has 0 N–H and O–H groups in total. The molecule has 0 aliphatic heterocycles. The molecule has 1 aromatic heterocycles. The molecule has 0 bridgehead atoms. The second-order valence-corrected chi connectivity index (χ2v) is 6.03. The highest BCUT2D eigenvalue weighted by Crippen LogP contribution is 2.14. The number of aromatic nitrogens is 2. The van der Waals surface area contributed by atoms with E-state index < -0.39 is 11.4 Å². The van der Waals surface area contributed by atoms with Gasteiger partial charge in [0.25, 0.3) is 5.56 Å². The Bertz CT molecular complexity index is 772. The summed E-state index contributed by atoms with van der Waals surface area (Å²) in [7, 11) is 0. The van der Waals surface area contributed by atoms with Crippen LogP contribution in [0.15, 0.2) is 35.4 Å². The van der Waals surface area contributed by atoms with Gasteiger partial charge in [-0.1, -0.05) is 32.9 Å². The van der Waals surface area contributed by atoms with E-state index in [9.17, 15) is 14.4 Å². The lowest BCUT2D eigenvalue weighted by Crippen LogP contribution is -2.29. The standard InChI is InChI=1S/C16H18N2O4/c1-16(2,3)13(19)9-22-14(20)8-18-10-17-12-7-5-4-6-11(12)15(18)21/h4-7,10H,8-9H2,1-3H3. The summed E-state index contributed by atoms with van der Waals surface area (Å²) in [5.41, 5.74) is -0.313. The molecule has 0 spiro atoms. The number of Topliss-reactive ketones (excluding diaryl/α,β-unsaturated/α-hetero) is 1. The summed E-state index contributed by atoms with van der Waals surface area (Å²) >= 11 is 0. The van der Waals surface area contributed by atoms with E-state index in [2.05, 4.69) is 4.98 Å². The Morgan fingerprint density at radius 1 is 1.23 bits per heavy atom. The predicted molar refractivity (Wildman–Crippen MR) is 81.4 cm³/mol. The van der Waals surface area contributed by atoms with Crippen molar-refractivity contribution in [3.8, 4) is 0 Å². The fraction of sp³-hybridized carbons (Fsp3) is 0.375. The number of hydrogen-bond acceptors (Lipinski definition) is 5. The summed E-state index contributed by atoms with van der Waals surface area (Å²) in [5, 5.41) is 0.434. The number of carbonyl (C=O) groups is 2. The van der Waals surface area contributed by atoms with Gasteiger partial charge < -0.3 is 4.74 Å². The van der Waals surface area contributed by atoms with Crippen molar-refractivity contribution in [3.05, 3.63) is 40.9 Å². The molecule has 0 amide bonds. The molecule has 0 saturated carbocycles. The maximum Gasteiger partial charge on any atom is 0.326 e. The van der Waals surface area contributed by atoms with Crippen LogP contribution in [0.5, 0.6) is 0 Å². The second kappa shape index (κ2) is 6.09. The van der Waals surface area contributed by atoms with E-state index in [0.29, 0.717) is 10.9 Å². The van der Waals surface area contributed by atoms with Crippen molar-refractivity contribution >= 4 is 22.7 Å². The van der Waals surface area contributed by atoms with Crippen LogP contribution in [0.3, 0.4) is 0 Å². The molecule has 0 aliphatic carbocycles. The van der Waals surface area contributed by atoms with Gasteiger partial charge >= 0.3 is 5.97 Å². The van der Waals surface area contributed by atoms with Crippen LogP contribution in [0.25, 0.3) is 10.9 Å². The highest BCUT2D eigenvalue weighted by atomic mass is 16.5. The first kappa shape index (κ1) is 15.9. The number of hydrogen-bond donors (Lipinski definition) is 0. The van der Waals surface area contributed by atoms with Gasteiger partial charge in [-0.05, 0) is 12.1 Å². The topological polar surface area (TPSA) is 78.3 Å². The normalized spacial score (nSPS) is 11.4. The number of esters is 1. The van der Waals surface area contributed by atoms with Crippen molar-refractivity contribution in [2.45, 2.75) is 27.3 Å². The molecule has 1 aromatic carbocycles. The fourth-order valence-electron chi connectivity index (χ4n) is 1.77. The third-order valence-corrected chi connectivity index (χ3v) is 3.23. The van der Waals surface area contributed by atoms with Crippen LogP contribution >= 0.6 is 0 Å². The van der Waals surface area contributed by atoms with Gasteiger partial charge in [0.1, 0.15) is 6.54 Å². The number of carbonyl (C=O) groups excluding carboxylic acids is 2. The Kier molecular flexibility index (Phi) is 4.40. The quantitative estimate of drug-likeness (QED) is 0.801. The van der Waals surface area contributed by atoms with E-state index in [1.807, 2.05) is 0 Å². The van der Waals surface area contributed by atoms with Gasteiger partial charge in [-0.2, -0.15) is 0 Å². The molecule has 0 radical (unpaired) electrons. The number of benzene rings is 1. The highest BCUT2D eigenvalue weighted by Gasteiger charge is 2.22. The highest BCUT2D eigenvalue weighted by molar-refractivity contribution is 5.86. The zero-order valence-electron chi connectivity index (χ0n) is 12.8. The smallest absolute Gasteiger partial charge is 0.326 e. The summed E-state index contributed by atoms with van der Waals surface area (Å²) in [6.45, 7) is 4.69. The van der Waals surface area contributed by atoms with Crippen LogP contribution in [-0.2, 0) is 20.9 Å². The van der Waals surface area contributed by atoms with E-state index in [1.54, 1.807) is 45.0 Å². The minimum atomic E-state index is -0.642. The molecule has 0 fully saturated rings. The van der Waals surface area contributed by atoms with Crippen molar-refractivity contribution < 1.29 is 14.3 Å². The molecule has 6 heteroatoms. The van der Waals surface area contributed by atoms with Crippen LogP contribution in [0.2, 0.25) is 0 Å². The molecular weight excluding hydrogens is 284 g/mol. The first-order chi connectivity index (χ1) is 10.3. The lowest BCUT2D eigenvalue weighted by molar-refractivity contribution is -0.150. The number of ether oxygens (including phenoxy) is 1. The zero-order chi connectivity index (χ0) is 16.3. The Labute approximate surface area is 127 Å². The molecule has 0 atom stereocenters. The van der Waals surface area contributed by atoms with Crippen molar-refractivity contribution in [2.24, 2.45) is 5.41 Å². The molecular formula is C16H18N2O4. The molecule has 6 nitrogen and oxygen atoms in total. The van der Waals surface area contributed by atoms with Gasteiger partial charge in [-0.15, -0.1) is 0 Å². The summed E-state index contributed by atoms with van der Waals surface area (Å²) in [4.78, 5) is 39.8. The van der Waals surface area contributed by atoms with E-state index in [4.69, 9.17) is 4.74 Å². The van der Waals surface area contributed by atoms with Crippen LogP contribution in [0.1, 0.15) is 20.8 Å².